The van der Waals surface area contributed by atoms with Crippen LogP contribution in [0.1, 0.15) is 11.3 Å². The van der Waals surface area contributed by atoms with Crippen LogP contribution in [-0.4, -0.2) is 18.4 Å². The topological polar surface area (TPSA) is 98.0 Å². The van der Waals surface area contributed by atoms with Crippen molar-refractivity contribution in [3.8, 4) is 0 Å². The van der Waals surface area contributed by atoms with Crippen molar-refractivity contribution in [2.24, 2.45) is 5.14 Å². The summed E-state index contributed by atoms with van der Waals surface area (Å²) < 4.78 is 22.5. The summed E-state index contributed by atoms with van der Waals surface area (Å²) in [6, 6.07) is 15.5. The zero-order valence-corrected chi connectivity index (χ0v) is 14.6. The van der Waals surface area contributed by atoms with Crippen molar-refractivity contribution in [1.29, 1.82) is 0 Å². The number of benzene rings is 2. The monoisotopic (exact) mass is 374 g/mol. The van der Waals surface area contributed by atoms with Crippen molar-refractivity contribution in [2.75, 3.05) is 5.32 Å². The van der Waals surface area contributed by atoms with E-state index < -0.39 is 10.0 Å². The first-order valence-corrected chi connectivity index (χ1v) is 9.29. The third-order valence-electron chi connectivity index (χ3n) is 3.48. The molecule has 128 valence electrons. The zero-order valence-electron chi connectivity index (χ0n) is 13.1. The highest BCUT2D eigenvalue weighted by atomic mass is 35.5. The lowest BCUT2D eigenvalue weighted by molar-refractivity contribution is 0.598. The van der Waals surface area contributed by atoms with Crippen LogP contribution in [0.2, 0.25) is 5.02 Å². The van der Waals surface area contributed by atoms with Crippen molar-refractivity contribution in [2.45, 2.75) is 11.3 Å². The minimum absolute atomic E-state index is 0.0476. The molecule has 0 spiro atoms. The van der Waals surface area contributed by atoms with Crippen molar-refractivity contribution in [3.63, 3.8) is 0 Å². The van der Waals surface area contributed by atoms with E-state index in [9.17, 15) is 8.42 Å². The summed E-state index contributed by atoms with van der Waals surface area (Å²) in [4.78, 5) is 8.67. The maximum Gasteiger partial charge on any atom is 0.238 e. The van der Waals surface area contributed by atoms with E-state index in [-0.39, 0.29) is 4.90 Å². The van der Waals surface area contributed by atoms with Crippen LogP contribution in [0.3, 0.4) is 0 Å². The molecule has 3 aromatic rings. The molecule has 0 aliphatic rings. The number of aromatic nitrogens is 2. The Balaban J connectivity index is 1.77. The summed E-state index contributed by atoms with van der Waals surface area (Å²) in [5.41, 5.74) is 2.44. The van der Waals surface area contributed by atoms with Crippen LogP contribution in [0, 0.1) is 0 Å². The lowest BCUT2D eigenvalue weighted by atomic mass is 10.1. The van der Waals surface area contributed by atoms with Gasteiger partial charge in [-0.25, -0.2) is 23.5 Å². The van der Waals surface area contributed by atoms with E-state index in [0.717, 1.165) is 11.3 Å². The summed E-state index contributed by atoms with van der Waals surface area (Å²) in [7, 11) is -3.71. The van der Waals surface area contributed by atoms with Gasteiger partial charge in [0.05, 0.1) is 10.6 Å². The van der Waals surface area contributed by atoms with Crippen LogP contribution in [0.4, 0.5) is 11.6 Å². The number of primary sulfonamides is 1. The number of rotatable bonds is 5. The number of nitrogens with two attached hydrogens (primary N) is 1. The van der Waals surface area contributed by atoms with Crippen LogP contribution in [0.5, 0.6) is 0 Å². The Kier molecular flexibility index (Phi) is 4.98. The molecule has 25 heavy (non-hydrogen) atoms. The van der Waals surface area contributed by atoms with Crippen molar-refractivity contribution in [1.82, 2.24) is 9.97 Å². The Morgan fingerprint density at radius 2 is 1.76 bits per heavy atom. The van der Waals surface area contributed by atoms with Crippen LogP contribution in [0.25, 0.3) is 0 Å². The van der Waals surface area contributed by atoms with Gasteiger partial charge in [-0.15, -0.1) is 0 Å². The van der Waals surface area contributed by atoms with Gasteiger partial charge in [0.1, 0.15) is 0 Å². The molecular weight excluding hydrogens is 360 g/mol. The van der Waals surface area contributed by atoms with Gasteiger partial charge < -0.3 is 5.32 Å². The Morgan fingerprint density at radius 1 is 1.04 bits per heavy atom. The maximum absolute atomic E-state index is 11.3. The third kappa shape index (κ3) is 4.54. The minimum atomic E-state index is -3.71. The highest BCUT2D eigenvalue weighted by Crippen LogP contribution is 2.20. The molecule has 0 atom stereocenters. The Hall–Kier alpha value is -2.48. The molecule has 3 rings (SSSR count). The smallest absolute Gasteiger partial charge is 0.238 e. The molecule has 6 nitrogen and oxygen atoms in total. The van der Waals surface area contributed by atoms with Crippen LogP contribution in [0.15, 0.2) is 65.7 Å². The minimum Gasteiger partial charge on any atom is -0.324 e. The average Bonchev–Trinajstić information content (AvgIpc) is 2.57. The maximum atomic E-state index is 11.3. The van der Waals surface area contributed by atoms with E-state index in [4.69, 9.17) is 16.7 Å². The molecule has 0 unspecified atom stereocenters. The highest BCUT2D eigenvalue weighted by Gasteiger charge is 2.08. The molecule has 0 saturated carbocycles. The second-order valence-electron chi connectivity index (χ2n) is 5.33. The van der Waals surface area contributed by atoms with Crippen molar-refractivity contribution < 1.29 is 8.42 Å². The average molecular weight is 375 g/mol. The fourth-order valence-corrected chi connectivity index (χ4v) is 2.97. The number of sulfonamides is 1. The number of nitrogens with zero attached hydrogens (tertiary/aromatic N) is 2. The molecule has 0 aliphatic heterocycles. The number of halogens is 1. The van der Waals surface area contributed by atoms with Gasteiger partial charge in [0, 0.05) is 23.3 Å². The van der Waals surface area contributed by atoms with E-state index in [2.05, 4.69) is 15.3 Å². The van der Waals surface area contributed by atoms with Gasteiger partial charge in [-0.3, -0.25) is 0 Å². The Labute approximate surface area is 150 Å². The van der Waals surface area contributed by atoms with Crippen LogP contribution >= 0.6 is 11.6 Å². The van der Waals surface area contributed by atoms with Crippen molar-refractivity contribution >= 4 is 33.3 Å². The first kappa shape index (κ1) is 17.3. The lowest BCUT2D eigenvalue weighted by Crippen LogP contribution is -2.11. The molecule has 0 bridgehead atoms. The molecule has 8 heteroatoms. The molecule has 2 aromatic carbocycles. The van der Waals surface area contributed by atoms with Gasteiger partial charge >= 0.3 is 0 Å². The Morgan fingerprint density at radius 3 is 2.44 bits per heavy atom. The van der Waals surface area contributed by atoms with Crippen LogP contribution in [-0.2, 0) is 16.4 Å². The predicted octanol–water partition coefficient (Wildman–Crippen LogP) is 3.11. The summed E-state index contributed by atoms with van der Waals surface area (Å²) in [5.74, 6) is 0.410. The molecule has 3 N–H and O–H groups in total. The third-order valence-corrected chi connectivity index (χ3v) is 4.78. The molecule has 1 heterocycles. The van der Waals surface area contributed by atoms with E-state index >= 15 is 0 Å². The van der Waals surface area contributed by atoms with E-state index in [0.29, 0.717) is 23.1 Å². The molecule has 0 amide bonds. The number of hydrogen-bond acceptors (Lipinski definition) is 5. The van der Waals surface area contributed by atoms with Crippen molar-refractivity contribution in [3.05, 3.63) is 77.1 Å². The second kappa shape index (κ2) is 7.18. The largest absolute Gasteiger partial charge is 0.324 e. The first-order chi connectivity index (χ1) is 11.9. The normalized spacial score (nSPS) is 11.3. The SMILES string of the molecule is NS(=O)(=O)c1ccc(Nc2nccc(Cc3ccccc3Cl)n2)cc1. The number of nitrogens with one attached hydrogen (secondary N) is 1. The van der Waals surface area contributed by atoms with Gasteiger partial charge in [-0.1, -0.05) is 29.8 Å². The van der Waals surface area contributed by atoms with Gasteiger partial charge in [0.2, 0.25) is 16.0 Å². The number of hydrogen-bond donors (Lipinski definition) is 2. The zero-order chi connectivity index (χ0) is 17.9. The molecule has 0 saturated heterocycles. The fraction of sp³-hybridized carbons (Fsp3) is 0.0588. The van der Waals surface area contributed by atoms with Crippen LogP contribution < -0.4 is 10.5 Å². The predicted molar refractivity (Wildman–Crippen MR) is 97.4 cm³/mol. The standard InChI is InChI=1S/C17H15ClN4O2S/c18-16-4-2-1-3-12(16)11-14-9-10-20-17(22-14)21-13-5-7-15(8-6-13)25(19,23)24/h1-10H,11H2,(H2,19,23,24)(H,20,21,22). The Bertz CT molecular complexity index is 992. The highest BCUT2D eigenvalue weighted by molar-refractivity contribution is 7.89. The van der Waals surface area contributed by atoms with E-state index in [1.54, 1.807) is 18.3 Å². The first-order valence-electron chi connectivity index (χ1n) is 7.37. The number of anilines is 2. The van der Waals surface area contributed by atoms with E-state index in [1.807, 2.05) is 30.3 Å². The summed E-state index contributed by atoms with van der Waals surface area (Å²) >= 11 is 6.18. The van der Waals surface area contributed by atoms with Gasteiger partial charge in [0.25, 0.3) is 0 Å². The molecule has 1 aromatic heterocycles. The fourth-order valence-electron chi connectivity index (χ4n) is 2.25. The second-order valence-corrected chi connectivity index (χ2v) is 7.30. The van der Waals surface area contributed by atoms with Gasteiger partial charge in [0.15, 0.2) is 0 Å². The molecule has 0 fully saturated rings. The summed E-state index contributed by atoms with van der Waals surface area (Å²) in [6.07, 6.45) is 2.24. The lowest BCUT2D eigenvalue weighted by Gasteiger charge is -2.08. The quantitative estimate of drug-likeness (QED) is 0.715. The van der Waals surface area contributed by atoms with Gasteiger partial charge in [-0.05, 0) is 42.0 Å². The molecule has 0 aliphatic carbocycles. The van der Waals surface area contributed by atoms with E-state index in [1.165, 1.54) is 12.1 Å². The van der Waals surface area contributed by atoms with Gasteiger partial charge in [-0.2, -0.15) is 0 Å². The molecule has 0 radical (unpaired) electrons. The summed E-state index contributed by atoms with van der Waals surface area (Å²) in [5, 5.41) is 8.80. The summed E-state index contributed by atoms with van der Waals surface area (Å²) in [6.45, 7) is 0. The molecular formula is C17H15ClN4O2S.